The first kappa shape index (κ1) is 27.0. The average Bonchev–Trinajstić information content (AvgIpc) is 3.15. The number of fused-ring (bicyclic) bond motifs is 1. The maximum Gasteiger partial charge on any atom is 0.422 e. The Morgan fingerprint density at radius 3 is 2.57 bits per heavy atom. The highest BCUT2D eigenvalue weighted by atomic mass is 35.5. The van der Waals surface area contributed by atoms with Gasteiger partial charge in [-0.15, -0.1) is 0 Å². The number of halogens is 4. The quantitative estimate of drug-likeness (QED) is 0.476. The van der Waals surface area contributed by atoms with Crippen molar-refractivity contribution in [1.82, 2.24) is 19.9 Å². The molecule has 3 heterocycles. The van der Waals surface area contributed by atoms with Gasteiger partial charge in [-0.05, 0) is 38.8 Å². The Hall–Kier alpha value is -3.06. The number of carbonyl (C=O) groups excluding carboxylic acids is 1. The Labute approximate surface area is 215 Å². The molecule has 1 aliphatic rings. The van der Waals surface area contributed by atoms with E-state index in [-0.39, 0.29) is 39.7 Å². The Balaban J connectivity index is 1.60. The van der Waals surface area contributed by atoms with Crippen LogP contribution in [0.5, 0.6) is 17.4 Å². The number of alkyl halides is 3. The van der Waals surface area contributed by atoms with E-state index in [1.165, 1.54) is 12.3 Å². The van der Waals surface area contributed by atoms with Crippen LogP contribution in [0.15, 0.2) is 24.4 Å². The fourth-order valence-electron chi connectivity index (χ4n) is 3.98. The van der Waals surface area contributed by atoms with Gasteiger partial charge < -0.3 is 19.4 Å². The van der Waals surface area contributed by atoms with Crippen molar-refractivity contribution in [2.45, 2.75) is 38.4 Å². The molecule has 0 radical (unpaired) electrons. The van der Waals surface area contributed by atoms with Crippen LogP contribution in [0.2, 0.25) is 5.02 Å². The van der Waals surface area contributed by atoms with Crippen LogP contribution in [-0.2, 0) is 16.9 Å². The zero-order valence-corrected chi connectivity index (χ0v) is 21.7. The number of hydrogen-bond donors (Lipinski definition) is 1. The molecule has 200 valence electrons. The second-order valence-corrected chi connectivity index (χ2v) is 11.9. The molecule has 0 unspecified atom stereocenters. The summed E-state index contributed by atoms with van der Waals surface area (Å²) in [6.45, 7) is 1.94. The number of amides is 1. The molecule has 1 N–H and O–H groups in total. The highest BCUT2D eigenvalue weighted by molar-refractivity contribution is 7.91. The summed E-state index contributed by atoms with van der Waals surface area (Å²) in [4.78, 5) is 21.5. The lowest BCUT2D eigenvalue weighted by atomic mass is 9.95. The number of pyridine rings is 1. The summed E-state index contributed by atoms with van der Waals surface area (Å²) < 4.78 is 73.7. The molecule has 0 aliphatic carbocycles. The fraction of sp³-hybridized carbons (Fsp3) is 0.435. The number of imidazole rings is 1. The van der Waals surface area contributed by atoms with Gasteiger partial charge in [0.1, 0.15) is 15.6 Å². The number of carbonyl (C=O) groups is 1. The highest BCUT2D eigenvalue weighted by Crippen LogP contribution is 2.36. The largest absolute Gasteiger partial charge is 0.478 e. The number of aromatic nitrogens is 3. The lowest BCUT2D eigenvalue weighted by Gasteiger charge is -2.34. The minimum atomic E-state index is -4.57. The summed E-state index contributed by atoms with van der Waals surface area (Å²) in [7, 11) is -1.43. The number of sulfone groups is 1. The van der Waals surface area contributed by atoms with Crippen LogP contribution in [-0.4, -0.2) is 58.7 Å². The van der Waals surface area contributed by atoms with E-state index in [0.717, 1.165) is 0 Å². The molecule has 4 rings (SSSR count). The van der Waals surface area contributed by atoms with Crippen LogP contribution >= 0.6 is 11.6 Å². The van der Waals surface area contributed by atoms with E-state index in [0.29, 0.717) is 29.4 Å². The molecule has 1 fully saturated rings. The zero-order valence-electron chi connectivity index (χ0n) is 20.1. The predicted molar refractivity (Wildman–Crippen MR) is 130 cm³/mol. The van der Waals surface area contributed by atoms with Crippen LogP contribution in [0.1, 0.15) is 35.9 Å². The van der Waals surface area contributed by atoms with Gasteiger partial charge in [-0.3, -0.25) is 4.79 Å². The molecular formula is C23H24ClF3N4O5S. The number of hydrogen-bond acceptors (Lipinski definition) is 7. The van der Waals surface area contributed by atoms with Gasteiger partial charge in [-0.1, -0.05) is 11.6 Å². The number of ether oxygens (including phenoxy) is 2. The molecular weight excluding hydrogens is 537 g/mol. The Kier molecular flexibility index (Phi) is 7.06. The summed E-state index contributed by atoms with van der Waals surface area (Å²) in [6.07, 6.45) is -2.75. The SMILES string of the molecule is Cc1c(Oc2ncc(Cl)cc2OCC(F)(F)F)ccc2c1nc(C(=O)NC1(C)CCS(=O)(=O)CC1)n2C. The molecule has 3 aromatic rings. The van der Waals surface area contributed by atoms with E-state index in [1.807, 2.05) is 0 Å². The minimum Gasteiger partial charge on any atom is -0.478 e. The maximum absolute atomic E-state index is 13.1. The third-order valence-electron chi connectivity index (χ3n) is 6.19. The summed E-state index contributed by atoms with van der Waals surface area (Å²) in [5.41, 5.74) is 0.884. The van der Waals surface area contributed by atoms with Gasteiger partial charge in [0.05, 0.1) is 27.6 Å². The van der Waals surface area contributed by atoms with E-state index < -0.39 is 34.1 Å². The number of aryl methyl sites for hydroxylation is 2. The molecule has 0 saturated carbocycles. The zero-order chi connectivity index (χ0) is 27.2. The van der Waals surface area contributed by atoms with Crippen LogP contribution in [0.4, 0.5) is 13.2 Å². The Bertz CT molecular complexity index is 1460. The van der Waals surface area contributed by atoms with Gasteiger partial charge in [0.25, 0.3) is 11.8 Å². The van der Waals surface area contributed by atoms with Crippen molar-refractivity contribution in [3.05, 3.63) is 40.8 Å². The lowest BCUT2D eigenvalue weighted by molar-refractivity contribution is -0.153. The van der Waals surface area contributed by atoms with Crippen LogP contribution in [0.3, 0.4) is 0 Å². The summed E-state index contributed by atoms with van der Waals surface area (Å²) >= 11 is 5.86. The molecule has 0 bridgehead atoms. The minimum absolute atomic E-state index is 0.000462. The highest BCUT2D eigenvalue weighted by Gasteiger charge is 2.35. The van der Waals surface area contributed by atoms with Crippen molar-refractivity contribution in [2.24, 2.45) is 7.05 Å². The van der Waals surface area contributed by atoms with Gasteiger partial charge in [0.2, 0.25) is 0 Å². The average molecular weight is 561 g/mol. The number of nitrogens with one attached hydrogen (secondary N) is 1. The number of benzene rings is 1. The Morgan fingerprint density at radius 1 is 1.24 bits per heavy atom. The van der Waals surface area contributed by atoms with E-state index in [9.17, 15) is 26.4 Å². The van der Waals surface area contributed by atoms with Crippen LogP contribution in [0, 0.1) is 6.92 Å². The van der Waals surface area contributed by atoms with Crippen molar-refractivity contribution >= 4 is 38.4 Å². The topological polar surface area (TPSA) is 112 Å². The van der Waals surface area contributed by atoms with Crippen molar-refractivity contribution in [3.63, 3.8) is 0 Å². The second kappa shape index (κ2) is 9.67. The number of rotatable bonds is 6. The van der Waals surface area contributed by atoms with Crippen LogP contribution < -0.4 is 14.8 Å². The molecule has 1 amide bonds. The first-order valence-electron chi connectivity index (χ1n) is 11.2. The fourth-order valence-corrected chi connectivity index (χ4v) is 5.86. The number of nitrogens with zero attached hydrogens (tertiary/aromatic N) is 3. The standard InChI is InChI=1S/C23H24ClF3N4O5S/c1-13-16(36-21-17(10-14(24)11-28-21)35-12-23(25,26)27)5-4-15-18(13)29-19(31(15)3)20(32)30-22(2)6-8-37(33,34)9-7-22/h4-5,10-11H,6-9,12H2,1-3H3,(H,30,32). The molecule has 14 heteroatoms. The molecule has 1 aromatic carbocycles. The van der Waals surface area contributed by atoms with Gasteiger partial charge in [-0.25, -0.2) is 18.4 Å². The van der Waals surface area contributed by atoms with Crippen molar-refractivity contribution in [3.8, 4) is 17.4 Å². The second-order valence-electron chi connectivity index (χ2n) is 9.18. The third kappa shape index (κ3) is 6.09. The molecule has 0 spiro atoms. The van der Waals surface area contributed by atoms with E-state index >= 15 is 0 Å². The Morgan fingerprint density at radius 2 is 1.92 bits per heavy atom. The normalized spacial score (nSPS) is 16.9. The first-order valence-corrected chi connectivity index (χ1v) is 13.4. The van der Waals surface area contributed by atoms with Gasteiger partial charge in [0, 0.05) is 30.4 Å². The summed E-state index contributed by atoms with van der Waals surface area (Å²) in [6, 6.07) is 4.41. The van der Waals surface area contributed by atoms with E-state index in [1.54, 1.807) is 37.6 Å². The molecule has 1 aliphatic heterocycles. The lowest BCUT2D eigenvalue weighted by Crippen LogP contribution is -2.51. The summed E-state index contributed by atoms with van der Waals surface area (Å²) in [5.74, 6) is -0.598. The molecule has 9 nitrogen and oxygen atoms in total. The molecule has 0 atom stereocenters. The van der Waals surface area contributed by atoms with Gasteiger partial charge in [-0.2, -0.15) is 13.2 Å². The third-order valence-corrected chi connectivity index (χ3v) is 8.05. The molecule has 1 saturated heterocycles. The van der Waals surface area contributed by atoms with Gasteiger partial charge >= 0.3 is 6.18 Å². The van der Waals surface area contributed by atoms with Crippen LogP contribution in [0.25, 0.3) is 11.0 Å². The van der Waals surface area contributed by atoms with Crippen molar-refractivity contribution in [2.75, 3.05) is 18.1 Å². The van der Waals surface area contributed by atoms with Crippen molar-refractivity contribution in [1.29, 1.82) is 0 Å². The van der Waals surface area contributed by atoms with E-state index in [2.05, 4.69) is 15.3 Å². The molecule has 37 heavy (non-hydrogen) atoms. The maximum atomic E-state index is 13.1. The monoisotopic (exact) mass is 560 g/mol. The summed E-state index contributed by atoms with van der Waals surface area (Å²) in [5, 5.41) is 2.99. The first-order chi connectivity index (χ1) is 17.2. The van der Waals surface area contributed by atoms with Crippen molar-refractivity contribution < 1.29 is 35.9 Å². The molecule has 2 aromatic heterocycles. The predicted octanol–water partition coefficient (Wildman–Crippen LogP) is 4.36. The van der Waals surface area contributed by atoms with E-state index in [4.69, 9.17) is 21.1 Å². The smallest absolute Gasteiger partial charge is 0.422 e. The van der Waals surface area contributed by atoms with Gasteiger partial charge in [0.15, 0.2) is 18.2 Å².